The van der Waals surface area contributed by atoms with Gasteiger partial charge in [0, 0.05) is 13.0 Å². The normalized spacial score (nSPS) is 21.9. The number of benzene rings is 2. The first-order chi connectivity index (χ1) is 17.9. The minimum absolute atomic E-state index is 0.00737. The number of nitrogens with zero attached hydrogens (tertiary/aromatic N) is 1. The van der Waals surface area contributed by atoms with Gasteiger partial charge in [-0.1, -0.05) is 73.7 Å². The third kappa shape index (κ3) is 9.38. The van der Waals surface area contributed by atoms with Gasteiger partial charge < -0.3 is 14.2 Å². The molecule has 1 fully saturated rings. The molecule has 1 aliphatic rings. The van der Waals surface area contributed by atoms with E-state index in [4.69, 9.17) is 19.0 Å². The fourth-order valence-corrected chi connectivity index (χ4v) is 4.68. The second-order valence-corrected chi connectivity index (χ2v) is 10.1. The largest absolute Gasteiger partial charge is 0.373 e. The molecule has 1 heterocycles. The molecule has 37 heavy (non-hydrogen) atoms. The molecule has 1 amide bonds. The van der Waals surface area contributed by atoms with Gasteiger partial charge in [-0.15, -0.1) is 0 Å². The molecule has 3 rings (SSSR count). The summed E-state index contributed by atoms with van der Waals surface area (Å²) in [6.07, 6.45) is 6.36. The summed E-state index contributed by atoms with van der Waals surface area (Å²) in [7, 11) is 3.16. The van der Waals surface area contributed by atoms with Crippen molar-refractivity contribution in [3.8, 4) is 0 Å². The van der Waals surface area contributed by atoms with Crippen LogP contribution in [-0.4, -0.2) is 50.0 Å². The molecule has 1 unspecified atom stereocenters. The van der Waals surface area contributed by atoms with Gasteiger partial charge in [0.05, 0.1) is 45.2 Å². The predicted molar refractivity (Wildman–Crippen MR) is 146 cm³/mol. The molecule has 0 bridgehead atoms. The number of carbonyl (C=O) groups is 1. The lowest BCUT2D eigenvalue weighted by molar-refractivity contribution is -0.173. The summed E-state index contributed by atoms with van der Waals surface area (Å²) in [5.41, 5.74) is 3.13. The van der Waals surface area contributed by atoms with Crippen LogP contribution in [0.25, 0.3) is 0 Å². The smallest absolute Gasteiger partial charge is 0.248 e. The zero-order valence-corrected chi connectivity index (χ0v) is 22.9. The molecule has 2 aromatic rings. The zero-order chi connectivity index (χ0) is 26.5. The Morgan fingerprint density at radius 3 is 2.41 bits per heavy atom. The Labute approximate surface area is 222 Å². The van der Waals surface area contributed by atoms with Crippen molar-refractivity contribution in [2.24, 2.45) is 5.92 Å². The Morgan fingerprint density at radius 1 is 1.11 bits per heavy atom. The molecule has 6 heteroatoms. The second-order valence-electron chi connectivity index (χ2n) is 10.1. The molecule has 1 aliphatic heterocycles. The molecular weight excluding hydrogens is 466 g/mol. The number of rotatable bonds is 13. The quantitative estimate of drug-likeness (QED) is 0.185. The maximum atomic E-state index is 12.4. The van der Waals surface area contributed by atoms with Gasteiger partial charge in [0.1, 0.15) is 0 Å². The number of ether oxygens (including phenoxy) is 3. The van der Waals surface area contributed by atoms with Crippen molar-refractivity contribution < 1.29 is 23.8 Å². The summed E-state index contributed by atoms with van der Waals surface area (Å²) in [6, 6.07) is 20.5. The van der Waals surface area contributed by atoms with Crippen molar-refractivity contribution in [3.05, 3.63) is 83.4 Å². The predicted octanol–water partition coefficient (Wildman–Crippen LogP) is 6.11. The van der Waals surface area contributed by atoms with Crippen molar-refractivity contribution >= 4 is 5.91 Å². The number of hydrogen-bond acceptors (Lipinski definition) is 5. The van der Waals surface area contributed by atoms with E-state index in [-0.39, 0.29) is 17.9 Å². The average Bonchev–Trinajstić information content (AvgIpc) is 3.08. The van der Waals surface area contributed by atoms with Crippen LogP contribution in [0.2, 0.25) is 0 Å². The minimum atomic E-state index is -0.439. The standard InChI is InChI=1S/C31H43NO5/c1-25(30(33)32(3)34-4)12-11-20-31(2)29(36-23-27-15-9-6-10-16-27)18-17-28(24-37-31)19-21-35-22-26-13-7-5-8-14-26/h5-10,13-16,19,25,29H,11-12,17-18,20-24H2,1-4H3/b28-19+/t25?,29-,31+/m1/s1. The van der Waals surface area contributed by atoms with Gasteiger partial charge in [-0.3, -0.25) is 9.63 Å². The Balaban J connectivity index is 1.59. The van der Waals surface area contributed by atoms with Crippen molar-refractivity contribution in [3.63, 3.8) is 0 Å². The fourth-order valence-electron chi connectivity index (χ4n) is 4.68. The molecule has 202 valence electrons. The molecule has 1 saturated heterocycles. The van der Waals surface area contributed by atoms with E-state index < -0.39 is 5.60 Å². The summed E-state index contributed by atoms with van der Waals surface area (Å²) in [6.45, 7) is 6.39. The topological polar surface area (TPSA) is 57.2 Å². The lowest BCUT2D eigenvalue weighted by Gasteiger charge is -2.36. The molecule has 2 aromatic carbocycles. The van der Waals surface area contributed by atoms with Gasteiger partial charge >= 0.3 is 0 Å². The van der Waals surface area contributed by atoms with Gasteiger partial charge in [0.2, 0.25) is 5.91 Å². The van der Waals surface area contributed by atoms with Crippen LogP contribution in [0.15, 0.2) is 72.3 Å². The van der Waals surface area contributed by atoms with E-state index in [1.54, 1.807) is 7.05 Å². The van der Waals surface area contributed by atoms with Gasteiger partial charge in [-0.25, -0.2) is 5.06 Å². The van der Waals surface area contributed by atoms with Crippen LogP contribution in [0, 0.1) is 5.92 Å². The van der Waals surface area contributed by atoms with Crippen molar-refractivity contribution in [1.82, 2.24) is 5.06 Å². The summed E-state index contributed by atoms with van der Waals surface area (Å²) < 4.78 is 18.9. The van der Waals surface area contributed by atoms with Gasteiger partial charge in [0.15, 0.2) is 0 Å². The van der Waals surface area contributed by atoms with Crippen LogP contribution < -0.4 is 0 Å². The average molecular weight is 510 g/mol. The Hall–Kier alpha value is -2.51. The summed E-state index contributed by atoms with van der Waals surface area (Å²) in [5.74, 6) is -0.118. The highest BCUT2D eigenvalue weighted by Crippen LogP contribution is 2.34. The highest BCUT2D eigenvalue weighted by Gasteiger charge is 2.38. The van der Waals surface area contributed by atoms with Crippen molar-refractivity contribution in [1.29, 1.82) is 0 Å². The van der Waals surface area contributed by atoms with Crippen LogP contribution in [0.1, 0.15) is 57.1 Å². The van der Waals surface area contributed by atoms with E-state index in [2.05, 4.69) is 37.3 Å². The molecule has 0 spiro atoms. The van der Waals surface area contributed by atoms with E-state index in [0.29, 0.717) is 26.4 Å². The zero-order valence-electron chi connectivity index (χ0n) is 22.9. The van der Waals surface area contributed by atoms with E-state index in [1.807, 2.05) is 43.3 Å². The third-order valence-corrected chi connectivity index (χ3v) is 7.21. The molecule has 0 saturated carbocycles. The number of hydrogen-bond donors (Lipinski definition) is 0. The molecule has 0 aliphatic carbocycles. The van der Waals surface area contributed by atoms with Crippen molar-refractivity contribution in [2.75, 3.05) is 27.4 Å². The highest BCUT2D eigenvalue weighted by molar-refractivity contribution is 5.77. The third-order valence-electron chi connectivity index (χ3n) is 7.21. The van der Waals surface area contributed by atoms with Gasteiger partial charge in [-0.05, 0) is 55.7 Å². The van der Waals surface area contributed by atoms with Crippen LogP contribution in [0.4, 0.5) is 0 Å². The van der Waals surface area contributed by atoms with E-state index in [1.165, 1.54) is 23.3 Å². The summed E-state index contributed by atoms with van der Waals surface area (Å²) >= 11 is 0. The molecular formula is C31H43NO5. The summed E-state index contributed by atoms with van der Waals surface area (Å²) in [5, 5.41) is 1.30. The maximum absolute atomic E-state index is 12.4. The SMILES string of the molecule is CON(C)C(=O)C(C)CCC[C@]1(C)OC/C(=C/COCc2ccccc2)CC[C@H]1OCc1ccccc1. The summed E-state index contributed by atoms with van der Waals surface area (Å²) in [4.78, 5) is 17.5. The molecule has 0 N–H and O–H groups in total. The highest BCUT2D eigenvalue weighted by atomic mass is 16.7. The first-order valence-corrected chi connectivity index (χ1v) is 13.3. The van der Waals surface area contributed by atoms with Crippen LogP contribution in [0.3, 0.4) is 0 Å². The first-order valence-electron chi connectivity index (χ1n) is 13.3. The van der Waals surface area contributed by atoms with E-state index in [0.717, 1.165) is 37.7 Å². The molecule has 6 nitrogen and oxygen atoms in total. The molecule has 0 radical (unpaired) electrons. The number of hydroxylamine groups is 2. The Kier molecular flexibility index (Phi) is 11.8. The van der Waals surface area contributed by atoms with Crippen LogP contribution in [-0.2, 0) is 37.1 Å². The monoisotopic (exact) mass is 509 g/mol. The second kappa shape index (κ2) is 15.0. The Bertz CT molecular complexity index is 964. The van der Waals surface area contributed by atoms with Gasteiger partial charge in [0.25, 0.3) is 0 Å². The van der Waals surface area contributed by atoms with E-state index in [9.17, 15) is 4.79 Å². The lowest BCUT2D eigenvalue weighted by atomic mass is 9.88. The fraction of sp³-hybridized carbons (Fsp3) is 0.516. The van der Waals surface area contributed by atoms with Crippen LogP contribution in [0.5, 0.6) is 0 Å². The molecule has 3 atom stereocenters. The lowest BCUT2D eigenvalue weighted by Crippen LogP contribution is -2.43. The minimum Gasteiger partial charge on any atom is -0.373 e. The van der Waals surface area contributed by atoms with E-state index >= 15 is 0 Å². The van der Waals surface area contributed by atoms with Crippen molar-refractivity contribution in [2.45, 2.75) is 70.9 Å². The first kappa shape index (κ1) is 29.1. The van der Waals surface area contributed by atoms with Crippen LogP contribution >= 0.6 is 0 Å². The maximum Gasteiger partial charge on any atom is 0.248 e. The number of carbonyl (C=O) groups excluding carboxylic acids is 1. The Morgan fingerprint density at radius 2 is 1.76 bits per heavy atom. The van der Waals surface area contributed by atoms with Gasteiger partial charge in [-0.2, -0.15) is 0 Å². The molecule has 0 aromatic heterocycles. The number of amides is 1.